The molecule has 0 radical (unpaired) electrons. The Morgan fingerprint density at radius 1 is 1.20 bits per heavy atom. The minimum absolute atomic E-state index is 0.0718. The van der Waals surface area contributed by atoms with E-state index in [9.17, 15) is 19.6 Å². The summed E-state index contributed by atoms with van der Waals surface area (Å²) in [6, 6.07) is 10.1. The van der Waals surface area contributed by atoms with Crippen molar-refractivity contribution in [2.75, 3.05) is 13.7 Å². The number of likely N-dealkylation sites (tertiary alicyclic amines) is 1. The Bertz CT molecular complexity index is 881. The van der Waals surface area contributed by atoms with E-state index < -0.39 is 19.3 Å². The maximum Gasteiger partial charge on any atom is 0.488 e. The lowest BCUT2D eigenvalue weighted by atomic mass is 9.80. The van der Waals surface area contributed by atoms with Crippen molar-refractivity contribution >= 4 is 24.6 Å². The Hall–Kier alpha value is -2.78. The first-order valence-corrected chi connectivity index (χ1v) is 10.1. The Kier molecular flexibility index (Phi) is 6.84. The number of ether oxygens (including phenoxy) is 1. The number of hydrogen-bond acceptors (Lipinski definition) is 5. The quantitative estimate of drug-likeness (QED) is 0.535. The van der Waals surface area contributed by atoms with E-state index in [1.165, 1.54) is 7.11 Å². The second kappa shape index (κ2) is 9.36. The fourth-order valence-corrected chi connectivity index (χ4v) is 3.84. The van der Waals surface area contributed by atoms with Gasteiger partial charge in [0.05, 0.1) is 13.2 Å². The number of H-pyrrole nitrogens is 1. The molecule has 160 valence electrons. The lowest BCUT2D eigenvalue weighted by molar-refractivity contribution is -0.135. The van der Waals surface area contributed by atoms with Gasteiger partial charge in [0, 0.05) is 17.9 Å². The van der Waals surface area contributed by atoms with Gasteiger partial charge in [0.25, 0.3) is 0 Å². The van der Waals surface area contributed by atoms with Crippen LogP contribution in [-0.4, -0.2) is 58.7 Å². The van der Waals surface area contributed by atoms with Crippen molar-refractivity contribution in [1.29, 1.82) is 0 Å². The van der Waals surface area contributed by atoms with Gasteiger partial charge in [-0.25, -0.2) is 4.79 Å². The number of alkyl carbamates (subject to hydrolysis) is 1. The molecule has 0 aliphatic carbocycles. The fourth-order valence-electron chi connectivity index (χ4n) is 3.84. The van der Waals surface area contributed by atoms with Crippen LogP contribution in [0.25, 0.3) is 11.3 Å². The smallest absolute Gasteiger partial charge is 0.453 e. The first-order valence-electron chi connectivity index (χ1n) is 10.1. The highest BCUT2D eigenvalue weighted by Crippen LogP contribution is 2.33. The van der Waals surface area contributed by atoms with Crippen molar-refractivity contribution in [2.45, 2.75) is 38.8 Å². The summed E-state index contributed by atoms with van der Waals surface area (Å²) in [5.74, 6) is -0.187. The summed E-state index contributed by atoms with van der Waals surface area (Å²) in [7, 11) is -0.215. The number of rotatable bonds is 6. The summed E-state index contributed by atoms with van der Waals surface area (Å²) in [4.78, 5) is 30.1. The van der Waals surface area contributed by atoms with Crippen LogP contribution in [0.2, 0.25) is 0 Å². The Morgan fingerprint density at radius 2 is 1.90 bits per heavy atom. The van der Waals surface area contributed by atoms with Crippen molar-refractivity contribution < 1.29 is 24.4 Å². The van der Waals surface area contributed by atoms with Crippen molar-refractivity contribution in [3.8, 4) is 11.3 Å². The van der Waals surface area contributed by atoms with Crippen molar-refractivity contribution in [1.82, 2.24) is 15.2 Å². The van der Waals surface area contributed by atoms with Gasteiger partial charge in [-0.3, -0.25) is 4.79 Å². The van der Waals surface area contributed by atoms with Crippen LogP contribution in [0.3, 0.4) is 0 Å². The third-order valence-corrected chi connectivity index (χ3v) is 5.51. The van der Waals surface area contributed by atoms with E-state index in [0.29, 0.717) is 12.0 Å². The fraction of sp³-hybridized carbons (Fsp3) is 0.429. The largest absolute Gasteiger partial charge is 0.488 e. The maximum atomic E-state index is 13.2. The predicted octanol–water partition coefficient (Wildman–Crippen LogP) is 1.41. The summed E-state index contributed by atoms with van der Waals surface area (Å²) in [6.45, 7) is 4.42. The molecule has 1 unspecified atom stereocenters. The van der Waals surface area contributed by atoms with Gasteiger partial charge in [-0.2, -0.15) is 0 Å². The minimum atomic E-state index is -1.50. The van der Waals surface area contributed by atoms with Crippen LogP contribution in [0.1, 0.15) is 38.4 Å². The highest BCUT2D eigenvalue weighted by molar-refractivity contribution is 6.58. The zero-order valence-electron chi connectivity index (χ0n) is 17.5. The first-order chi connectivity index (χ1) is 14.3. The topological polar surface area (TPSA) is 115 Å². The van der Waals surface area contributed by atoms with Crippen LogP contribution < -0.4 is 10.8 Å². The molecule has 1 aliphatic rings. The summed E-state index contributed by atoms with van der Waals surface area (Å²) >= 11 is 0. The van der Waals surface area contributed by atoms with Gasteiger partial charge in [-0.1, -0.05) is 38.1 Å². The summed E-state index contributed by atoms with van der Waals surface area (Å²) in [6.07, 6.45) is 1.11. The molecule has 2 atom stereocenters. The molecular weight excluding hydrogens is 385 g/mol. The van der Waals surface area contributed by atoms with Gasteiger partial charge in [-0.05, 0) is 41.9 Å². The number of aromatic nitrogens is 1. The van der Waals surface area contributed by atoms with Crippen molar-refractivity contribution in [3.63, 3.8) is 0 Å². The van der Waals surface area contributed by atoms with Gasteiger partial charge < -0.3 is 30.0 Å². The van der Waals surface area contributed by atoms with Crippen LogP contribution in [0.4, 0.5) is 4.79 Å². The zero-order chi connectivity index (χ0) is 21.8. The summed E-state index contributed by atoms with van der Waals surface area (Å²) in [5.41, 5.74) is 3.16. The Labute approximate surface area is 176 Å². The molecule has 4 N–H and O–H groups in total. The van der Waals surface area contributed by atoms with E-state index >= 15 is 0 Å². The van der Waals surface area contributed by atoms with E-state index in [1.54, 1.807) is 12.1 Å². The van der Waals surface area contributed by atoms with Crippen LogP contribution in [0, 0.1) is 5.92 Å². The van der Waals surface area contributed by atoms with E-state index in [1.807, 2.05) is 43.0 Å². The summed E-state index contributed by atoms with van der Waals surface area (Å²) < 4.78 is 4.67. The molecule has 3 rings (SSSR count). The van der Waals surface area contributed by atoms with Gasteiger partial charge in [0.2, 0.25) is 5.91 Å². The molecular formula is C21H28BN3O5. The molecule has 1 saturated heterocycles. The average Bonchev–Trinajstić information content (AvgIpc) is 3.40. The molecule has 2 aromatic rings. The Morgan fingerprint density at radius 3 is 2.50 bits per heavy atom. The van der Waals surface area contributed by atoms with Crippen LogP contribution in [-0.2, 0) is 9.53 Å². The van der Waals surface area contributed by atoms with E-state index in [4.69, 9.17) is 0 Å². The number of carbonyl (C=O) groups excluding carboxylic acids is 2. The lowest BCUT2D eigenvalue weighted by Crippen LogP contribution is -2.51. The monoisotopic (exact) mass is 413 g/mol. The third kappa shape index (κ3) is 4.68. The number of methoxy groups -OCH3 is 1. The molecule has 1 aromatic carbocycles. The first kappa shape index (κ1) is 21.9. The number of aromatic amines is 1. The number of benzene rings is 1. The molecule has 0 saturated carbocycles. The zero-order valence-corrected chi connectivity index (χ0v) is 17.5. The number of amides is 2. The molecule has 2 heterocycles. The molecule has 0 spiro atoms. The second-order valence-electron chi connectivity index (χ2n) is 7.87. The normalized spacial score (nSPS) is 17.1. The van der Waals surface area contributed by atoms with Gasteiger partial charge in [0.15, 0.2) is 0 Å². The standard InChI is InChI=1S/C21H28BN3O5/c1-13(2)19(24-21(27)30-3)20(26)25-12-4-5-18(25)17-11-10-16(23-17)14-6-8-15(9-7-14)22(28)29/h6-11,13,18-19,23,28-29H,4-5,12H2,1-3H3,(H,24,27)/t18?,19-/m0/s1. The SMILES string of the molecule is COC(=O)N[C@H](C(=O)N1CCCC1c1ccc(-c2ccc(B(O)O)cc2)[nH]1)C(C)C. The van der Waals surface area contributed by atoms with Crippen molar-refractivity contribution in [2.24, 2.45) is 5.92 Å². The highest BCUT2D eigenvalue weighted by atomic mass is 16.5. The molecule has 1 aliphatic heterocycles. The van der Waals surface area contributed by atoms with Gasteiger partial charge >= 0.3 is 13.2 Å². The molecule has 1 fully saturated rings. The average molecular weight is 413 g/mol. The number of hydrogen-bond donors (Lipinski definition) is 4. The minimum Gasteiger partial charge on any atom is -0.453 e. The summed E-state index contributed by atoms with van der Waals surface area (Å²) in [5, 5.41) is 21.1. The van der Waals surface area contributed by atoms with Crippen LogP contribution in [0.5, 0.6) is 0 Å². The number of nitrogens with one attached hydrogen (secondary N) is 2. The van der Waals surface area contributed by atoms with Gasteiger partial charge in [0.1, 0.15) is 6.04 Å². The van der Waals surface area contributed by atoms with E-state index in [2.05, 4.69) is 15.0 Å². The third-order valence-electron chi connectivity index (χ3n) is 5.51. The highest BCUT2D eigenvalue weighted by Gasteiger charge is 2.36. The predicted molar refractivity (Wildman–Crippen MR) is 114 cm³/mol. The second-order valence-corrected chi connectivity index (χ2v) is 7.87. The van der Waals surface area contributed by atoms with Crippen LogP contribution in [0.15, 0.2) is 36.4 Å². The molecule has 9 heteroatoms. The Balaban J connectivity index is 1.78. The lowest BCUT2D eigenvalue weighted by Gasteiger charge is -2.30. The number of carbonyl (C=O) groups is 2. The molecule has 0 bridgehead atoms. The van der Waals surface area contributed by atoms with Crippen molar-refractivity contribution in [3.05, 3.63) is 42.1 Å². The van der Waals surface area contributed by atoms with Gasteiger partial charge in [-0.15, -0.1) is 0 Å². The molecule has 2 amide bonds. The van der Waals surface area contributed by atoms with E-state index in [0.717, 1.165) is 29.8 Å². The number of nitrogens with zero attached hydrogens (tertiary/aromatic N) is 1. The van der Waals surface area contributed by atoms with Crippen LogP contribution >= 0.6 is 0 Å². The maximum absolute atomic E-state index is 13.2. The molecule has 8 nitrogen and oxygen atoms in total. The molecule has 1 aromatic heterocycles. The molecule has 30 heavy (non-hydrogen) atoms. The van der Waals surface area contributed by atoms with E-state index in [-0.39, 0.29) is 17.9 Å².